The van der Waals surface area contributed by atoms with E-state index in [2.05, 4.69) is 4.74 Å². The highest BCUT2D eigenvalue weighted by atomic mass is 16.5. The van der Waals surface area contributed by atoms with Gasteiger partial charge in [0.2, 0.25) is 5.91 Å². The number of ether oxygens (including phenoxy) is 1. The van der Waals surface area contributed by atoms with Crippen LogP contribution in [-0.2, 0) is 14.3 Å². The highest BCUT2D eigenvalue weighted by molar-refractivity contribution is 5.82. The number of carbonyl (C=O) groups excluding carboxylic acids is 2. The van der Waals surface area contributed by atoms with Crippen LogP contribution in [-0.4, -0.2) is 43.0 Å². The van der Waals surface area contributed by atoms with E-state index in [1.807, 2.05) is 6.92 Å². The molecule has 0 aromatic carbocycles. The Hall–Kier alpha value is -1.10. The minimum atomic E-state index is -0.408. The molecule has 0 bridgehead atoms. The number of esters is 1. The van der Waals surface area contributed by atoms with E-state index in [-0.39, 0.29) is 17.8 Å². The van der Waals surface area contributed by atoms with E-state index in [9.17, 15) is 9.59 Å². The molecule has 1 fully saturated rings. The van der Waals surface area contributed by atoms with E-state index in [4.69, 9.17) is 5.73 Å². The molecule has 0 aromatic rings. The zero-order valence-corrected chi connectivity index (χ0v) is 9.94. The van der Waals surface area contributed by atoms with Crippen LogP contribution in [0.3, 0.4) is 0 Å². The average Bonchev–Trinajstić information content (AvgIpc) is 2.36. The zero-order valence-electron chi connectivity index (χ0n) is 9.94. The van der Waals surface area contributed by atoms with Crippen molar-refractivity contribution in [1.82, 2.24) is 4.90 Å². The van der Waals surface area contributed by atoms with Crippen molar-refractivity contribution in [3.05, 3.63) is 0 Å². The van der Waals surface area contributed by atoms with Crippen molar-refractivity contribution in [1.29, 1.82) is 0 Å². The number of hydrogen-bond donors (Lipinski definition) is 1. The second kappa shape index (κ2) is 5.84. The van der Waals surface area contributed by atoms with Crippen molar-refractivity contribution in [2.24, 2.45) is 11.7 Å². The standard InChI is InChI=1S/C11H20N2O3/c1-3-9(12)10(14)13-6-4-8(5-7-13)11(15)16-2/h8-9H,3-7,12H2,1-2H3/t9-/m1/s1. The highest BCUT2D eigenvalue weighted by Gasteiger charge is 2.29. The topological polar surface area (TPSA) is 72.6 Å². The Morgan fingerprint density at radius 2 is 2.00 bits per heavy atom. The minimum absolute atomic E-state index is 0.00850. The van der Waals surface area contributed by atoms with Gasteiger partial charge in [0.15, 0.2) is 0 Å². The highest BCUT2D eigenvalue weighted by Crippen LogP contribution is 2.18. The lowest BCUT2D eigenvalue weighted by atomic mass is 9.96. The smallest absolute Gasteiger partial charge is 0.308 e. The first-order chi connectivity index (χ1) is 7.60. The van der Waals surface area contributed by atoms with E-state index in [1.165, 1.54) is 7.11 Å². The number of methoxy groups -OCH3 is 1. The van der Waals surface area contributed by atoms with Gasteiger partial charge in [-0.15, -0.1) is 0 Å². The van der Waals surface area contributed by atoms with Crippen LogP contribution >= 0.6 is 0 Å². The van der Waals surface area contributed by atoms with Crippen molar-refractivity contribution in [3.63, 3.8) is 0 Å². The van der Waals surface area contributed by atoms with Crippen LogP contribution in [0.5, 0.6) is 0 Å². The van der Waals surface area contributed by atoms with Crippen LogP contribution in [0.2, 0.25) is 0 Å². The van der Waals surface area contributed by atoms with Crippen LogP contribution in [0.15, 0.2) is 0 Å². The molecule has 0 radical (unpaired) electrons. The quantitative estimate of drug-likeness (QED) is 0.697. The predicted molar refractivity (Wildman–Crippen MR) is 59.6 cm³/mol. The summed E-state index contributed by atoms with van der Waals surface area (Å²) in [6, 6.07) is -0.408. The number of carbonyl (C=O) groups is 2. The molecule has 1 aliphatic heterocycles. The normalized spacial score (nSPS) is 19.3. The molecule has 1 atom stereocenters. The maximum absolute atomic E-state index is 11.8. The molecule has 0 saturated carbocycles. The van der Waals surface area contributed by atoms with Crippen molar-refractivity contribution < 1.29 is 14.3 Å². The molecule has 1 saturated heterocycles. The molecule has 5 nitrogen and oxygen atoms in total. The van der Waals surface area contributed by atoms with E-state index in [0.717, 1.165) is 0 Å². The molecular formula is C11H20N2O3. The summed E-state index contributed by atoms with van der Waals surface area (Å²) in [5, 5.41) is 0. The van der Waals surface area contributed by atoms with Gasteiger partial charge < -0.3 is 15.4 Å². The van der Waals surface area contributed by atoms with Gasteiger partial charge in [-0.2, -0.15) is 0 Å². The molecule has 2 N–H and O–H groups in total. The summed E-state index contributed by atoms with van der Waals surface area (Å²) in [5.41, 5.74) is 5.69. The molecule has 1 aliphatic rings. The fourth-order valence-corrected chi connectivity index (χ4v) is 1.91. The van der Waals surface area contributed by atoms with Crippen LogP contribution in [0.4, 0.5) is 0 Å². The summed E-state index contributed by atoms with van der Waals surface area (Å²) in [4.78, 5) is 24.8. The van der Waals surface area contributed by atoms with E-state index in [0.29, 0.717) is 32.4 Å². The first-order valence-electron chi connectivity index (χ1n) is 5.72. The molecule has 0 spiro atoms. The first kappa shape index (κ1) is 13.0. The van der Waals surface area contributed by atoms with Gasteiger partial charge in [0.05, 0.1) is 19.1 Å². The maximum Gasteiger partial charge on any atom is 0.308 e. The van der Waals surface area contributed by atoms with E-state index < -0.39 is 6.04 Å². The fourth-order valence-electron chi connectivity index (χ4n) is 1.91. The van der Waals surface area contributed by atoms with Gasteiger partial charge in [0.25, 0.3) is 0 Å². The third-order valence-electron chi connectivity index (χ3n) is 3.10. The minimum Gasteiger partial charge on any atom is -0.469 e. The molecular weight excluding hydrogens is 208 g/mol. The van der Waals surface area contributed by atoms with Crippen LogP contribution in [0.25, 0.3) is 0 Å². The molecule has 1 amide bonds. The number of likely N-dealkylation sites (tertiary alicyclic amines) is 1. The number of amides is 1. The summed E-state index contributed by atoms with van der Waals surface area (Å²) < 4.78 is 4.69. The average molecular weight is 228 g/mol. The van der Waals surface area contributed by atoms with Gasteiger partial charge in [-0.1, -0.05) is 6.92 Å². The number of nitrogens with two attached hydrogens (primary N) is 1. The summed E-state index contributed by atoms with van der Waals surface area (Å²) >= 11 is 0. The Labute approximate surface area is 95.9 Å². The third-order valence-corrected chi connectivity index (χ3v) is 3.10. The lowest BCUT2D eigenvalue weighted by molar-refractivity contribution is -0.149. The molecule has 1 rings (SSSR count). The lowest BCUT2D eigenvalue weighted by Gasteiger charge is -2.32. The third kappa shape index (κ3) is 2.95. The molecule has 0 unspecified atom stereocenters. The molecule has 92 valence electrons. The number of nitrogens with zero attached hydrogens (tertiary/aromatic N) is 1. The largest absolute Gasteiger partial charge is 0.469 e. The van der Waals surface area contributed by atoms with Crippen LogP contribution in [0, 0.1) is 5.92 Å². The summed E-state index contributed by atoms with van der Waals surface area (Å²) in [6.07, 6.45) is 2.00. The lowest BCUT2D eigenvalue weighted by Crippen LogP contribution is -2.47. The Balaban J connectivity index is 2.43. The molecule has 0 aliphatic carbocycles. The fraction of sp³-hybridized carbons (Fsp3) is 0.818. The van der Waals surface area contributed by atoms with Gasteiger partial charge in [0, 0.05) is 13.1 Å². The van der Waals surface area contributed by atoms with Gasteiger partial charge in [0.1, 0.15) is 0 Å². The number of piperidine rings is 1. The number of hydrogen-bond acceptors (Lipinski definition) is 4. The predicted octanol–water partition coefficient (Wildman–Crippen LogP) is 0.135. The SMILES string of the molecule is CC[C@@H](N)C(=O)N1CCC(C(=O)OC)CC1. The van der Waals surface area contributed by atoms with E-state index in [1.54, 1.807) is 4.90 Å². The molecule has 5 heteroatoms. The maximum atomic E-state index is 11.8. The van der Waals surface area contributed by atoms with Gasteiger partial charge in [-0.3, -0.25) is 9.59 Å². The van der Waals surface area contributed by atoms with E-state index >= 15 is 0 Å². The second-order valence-corrected chi connectivity index (χ2v) is 4.14. The summed E-state index contributed by atoms with van der Waals surface area (Å²) in [7, 11) is 1.40. The Bertz CT molecular complexity index is 260. The van der Waals surface area contributed by atoms with Gasteiger partial charge in [-0.05, 0) is 19.3 Å². The summed E-state index contributed by atoms with van der Waals surface area (Å²) in [5.74, 6) is -0.246. The van der Waals surface area contributed by atoms with Crippen molar-refractivity contribution in [2.45, 2.75) is 32.2 Å². The number of rotatable bonds is 3. The molecule has 16 heavy (non-hydrogen) atoms. The zero-order chi connectivity index (χ0) is 12.1. The Morgan fingerprint density at radius 3 is 2.44 bits per heavy atom. The molecule has 0 aromatic heterocycles. The Morgan fingerprint density at radius 1 is 1.44 bits per heavy atom. The van der Waals surface area contributed by atoms with Crippen LogP contribution < -0.4 is 5.73 Å². The van der Waals surface area contributed by atoms with Gasteiger partial charge >= 0.3 is 5.97 Å². The second-order valence-electron chi connectivity index (χ2n) is 4.14. The Kier molecular flexibility index (Phi) is 4.73. The monoisotopic (exact) mass is 228 g/mol. The first-order valence-corrected chi connectivity index (χ1v) is 5.72. The van der Waals surface area contributed by atoms with Gasteiger partial charge in [-0.25, -0.2) is 0 Å². The van der Waals surface area contributed by atoms with Crippen molar-refractivity contribution >= 4 is 11.9 Å². The van der Waals surface area contributed by atoms with Crippen LogP contribution in [0.1, 0.15) is 26.2 Å². The molecule has 1 heterocycles. The summed E-state index contributed by atoms with van der Waals surface area (Å²) in [6.45, 7) is 3.10. The van der Waals surface area contributed by atoms with Crippen molar-refractivity contribution in [3.8, 4) is 0 Å². The van der Waals surface area contributed by atoms with Crippen molar-refractivity contribution in [2.75, 3.05) is 20.2 Å².